The molecule has 0 saturated heterocycles. The summed E-state index contributed by atoms with van der Waals surface area (Å²) < 4.78 is 29.5. The second-order valence-electron chi connectivity index (χ2n) is 17.9. The molecule has 0 aromatic heterocycles. The number of nitrogens with one attached hydrogen (secondary N) is 1. The van der Waals surface area contributed by atoms with E-state index < -0.39 is 61.5 Å². The van der Waals surface area contributed by atoms with E-state index in [4.69, 9.17) is 23.7 Å². The van der Waals surface area contributed by atoms with Crippen LogP contribution in [-0.2, 0) is 42.9 Å². The Kier molecular flexibility index (Phi) is 42.3. The molecule has 0 saturated carbocycles. The molecule has 0 aliphatic heterocycles. The third kappa shape index (κ3) is 39.2. The maximum absolute atomic E-state index is 13.5. The summed E-state index contributed by atoms with van der Waals surface area (Å²) in [7, 11) is 3.88. The SMILES string of the molecule is CCCCCCCCCC(=O)OCC(OC(=O)CCCCCCCCC)C(OC(=O)NCCCN(C)C)C(COC(=O)CCCCCCCCC)OC(=O)CCCCCCCCC. The van der Waals surface area contributed by atoms with Crippen LogP contribution >= 0.6 is 0 Å². The zero-order valence-electron chi connectivity index (χ0n) is 41.4. The number of hydrogen-bond acceptors (Lipinski definition) is 11. The maximum Gasteiger partial charge on any atom is 0.407 e. The van der Waals surface area contributed by atoms with Crippen molar-refractivity contribution in [2.45, 2.75) is 258 Å². The largest absolute Gasteiger partial charge is 0.462 e. The first-order valence-corrected chi connectivity index (χ1v) is 25.9. The summed E-state index contributed by atoms with van der Waals surface area (Å²) in [5.74, 6) is -2.00. The molecule has 0 aromatic carbocycles. The zero-order valence-corrected chi connectivity index (χ0v) is 41.4. The smallest absolute Gasteiger partial charge is 0.407 e. The van der Waals surface area contributed by atoms with Crippen LogP contribution in [-0.4, -0.2) is 93.6 Å². The fourth-order valence-electron chi connectivity index (χ4n) is 7.39. The molecule has 63 heavy (non-hydrogen) atoms. The number of ether oxygens (including phenoxy) is 5. The Bertz CT molecular complexity index is 1050. The minimum atomic E-state index is -1.44. The van der Waals surface area contributed by atoms with Crippen LogP contribution in [0.1, 0.15) is 240 Å². The van der Waals surface area contributed by atoms with E-state index in [0.29, 0.717) is 38.6 Å². The van der Waals surface area contributed by atoms with Gasteiger partial charge in [0.1, 0.15) is 13.2 Å². The average Bonchev–Trinajstić information content (AvgIpc) is 3.26. The Morgan fingerprint density at radius 1 is 0.397 bits per heavy atom. The quantitative estimate of drug-likeness (QED) is 0.0354. The Morgan fingerprint density at radius 2 is 0.698 bits per heavy atom. The highest BCUT2D eigenvalue weighted by molar-refractivity contribution is 5.72. The van der Waals surface area contributed by atoms with E-state index in [9.17, 15) is 24.0 Å². The topological polar surface area (TPSA) is 147 Å². The normalized spacial score (nSPS) is 12.7. The van der Waals surface area contributed by atoms with Crippen LogP contribution in [0.25, 0.3) is 0 Å². The molecule has 0 spiro atoms. The molecule has 0 aliphatic carbocycles. The van der Waals surface area contributed by atoms with Gasteiger partial charge in [-0.2, -0.15) is 0 Å². The van der Waals surface area contributed by atoms with Crippen LogP contribution in [0.4, 0.5) is 4.79 Å². The standard InChI is InChI=1S/C51H96N2O10/c1-7-11-15-19-23-27-31-36-46(54)59-42-44(61-48(56)38-33-29-25-21-17-13-9-3)50(63-51(58)52-40-35-41-53(5)6)45(62-49(57)39-34-30-26-22-18-14-10-4)43-60-47(55)37-32-28-24-20-16-12-8-2/h44-45,50H,7-43H2,1-6H3,(H,52,58). The number of esters is 4. The molecule has 370 valence electrons. The van der Waals surface area contributed by atoms with Crippen molar-refractivity contribution in [3.63, 3.8) is 0 Å². The van der Waals surface area contributed by atoms with Crippen molar-refractivity contribution >= 4 is 30.0 Å². The fraction of sp³-hybridized carbons (Fsp3) is 0.902. The van der Waals surface area contributed by atoms with Gasteiger partial charge in [0.2, 0.25) is 0 Å². The number of carbonyl (C=O) groups is 5. The fourth-order valence-corrected chi connectivity index (χ4v) is 7.39. The Morgan fingerprint density at radius 3 is 1.02 bits per heavy atom. The molecule has 0 fully saturated rings. The van der Waals surface area contributed by atoms with Crippen LogP contribution in [0.2, 0.25) is 0 Å². The first-order chi connectivity index (χ1) is 30.6. The van der Waals surface area contributed by atoms with Gasteiger partial charge in [-0.15, -0.1) is 0 Å². The lowest BCUT2D eigenvalue weighted by atomic mass is 10.1. The van der Waals surface area contributed by atoms with Crippen LogP contribution in [0.5, 0.6) is 0 Å². The van der Waals surface area contributed by atoms with Crippen molar-refractivity contribution in [3.8, 4) is 0 Å². The van der Waals surface area contributed by atoms with Gasteiger partial charge in [0.05, 0.1) is 0 Å². The molecule has 0 radical (unpaired) electrons. The molecular formula is C51H96N2O10. The highest BCUT2D eigenvalue weighted by Crippen LogP contribution is 2.20. The number of nitrogens with zero attached hydrogens (tertiary/aromatic N) is 1. The summed E-state index contributed by atoms with van der Waals surface area (Å²) in [6.45, 7) is 8.89. The van der Waals surface area contributed by atoms with Crippen LogP contribution in [0.15, 0.2) is 0 Å². The first-order valence-electron chi connectivity index (χ1n) is 25.9. The lowest BCUT2D eigenvalue weighted by Crippen LogP contribution is -2.51. The number of carbonyl (C=O) groups excluding carboxylic acids is 5. The van der Waals surface area contributed by atoms with Crippen molar-refractivity contribution in [1.82, 2.24) is 10.2 Å². The Labute approximate surface area is 385 Å². The monoisotopic (exact) mass is 897 g/mol. The third-order valence-electron chi connectivity index (χ3n) is 11.3. The molecule has 0 aliphatic rings. The van der Waals surface area contributed by atoms with Gasteiger partial charge in [0.25, 0.3) is 0 Å². The molecule has 2 atom stereocenters. The van der Waals surface area contributed by atoms with Gasteiger partial charge in [-0.25, -0.2) is 4.79 Å². The number of hydrogen-bond donors (Lipinski definition) is 1. The van der Waals surface area contributed by atoms with Crippen LogP contribution < -0.4 is 5.32 Å². The van der Waals surface area contributed by atoms with E-state index in [1.165, 1.54) is 51.4 Å². The van der Waals surface area contributed by atoms with Crippen molar-refractivity contribution in [2.24, 2.45) is 0 Å². The number of amides is 1. The molecule has 0 aromatic rings. The average molecular weight is 897 g/mol. The van der Waals surface area contributed by atoms with Crippen LogP contribution in [0, 0.1) is 0 Å². The van der Waals surface area contributed by atoms with E-state index >= 15 is 0 Å². The highest BCUT2D eigenvalue weighted by Gasteiger charge is 2.40. The van der Waals surface area contributed by atoms with E-state index in [-0.39, 0.29) is 25.7 Å². The van der Waals surface area contributed by atoms with Crippen molar-refractivity contribution in [3.05, 3.63) is 0 Å². The summed E-state index contributed by atoms with van der Waals surface area (Å²) in [5, 5.41) is 2.76. The van der Waals surface area contributed by atoms with Gasteiger partial charge in [-0.1, -0.05) is 182 Å². The minimum absolute atomic E-state index is 0.121. The van der Waals surface area contributed by atoms with Gasteiger partial charge in [-0.05, 0) is 52.7 Å². The molecule has 0 heterocycles. The first kappa shape index (κ1) is 60.1. The zero-order chi connectivity index (χ0) is 46.6. The lowest BCUT2D eigenvalue weighted by Gasteiger charge is -2.32. The Balaban J connectivity index is 6.37. The van der Waals surface area contributed by atoms with Crippen molar-refractivity contribution in [1.29, 1.82) is 0 Å². The second-order valence-corrected chi connectivity index (χ2v) is 17.9. The maximum atomic E-state index is 13.5. The predicted molar refractivity (Wildman–Crippen MR) is 254 cm³/mol. The summed E-state index contributed by atoms with van der Waals surface area (Å²) in [6, 6.07) is 0. The van der Waals surface area contributed by atoms with Gasteiger partial charge >= 0.3 is 30.0 Å². The van der Waals surface area contributed by atoms with E-state index in [2.05, 4.69) is 33.0 Å². The molecular weight excluding hydrogens is 801 g/mol. The lowest BCUT2D eigenvalue weighted by molar-refractivity contribution is -0.185. The summed E-state index contributed by atoms with van der Waals surface area (Å²) in [6.07, 6.45) is 25.1. The van der Waals surface area contributed by atoms with E-state index in [1.807, 2.05) is 19.0 Å². The van der Waals surface area contributed by atoms with Crippen LogP contribution in [0.3, 0.4) is 0 Å². The minimum Gasteiger partial charge on any atom is -0.462 e. The van der Waals surface area contributed by atoms with Gasteiger partial charge in [0, 0.05) is 32.2 Å². The van der Waals surface area contributed by atoms with Gasteiger partial charge in [-0.3, -0.25) is 19.2 Å². The van der Waals surface area contributed by atoms with Gasteiger partial charge < -0.3 is 33.9 Å². The molecule has 1 N–H and O–H groups in total. The summed E-state index contributed by atoms with van der Waals surface area (Å²) in [5.41, 5.74) is 0. The third-order valence-corrected chi connectivity index (χ3v) is 11.3. The highest BCUT2D eigenvalue weighted by atomic mass is 16.6. The summed E-state index contributed by atoms with van der Waals surface area (Å²) >= 11 is 0. The molecule has 1 amide bonds. The molecule has 12 heteroatoms. The molecule has 0 rings (SSSR count). The molecule has 12 nitrogen and oxygen atoms in total. The van der Waals surface area contributed by atoms with E-state index in [1.54, 1.807) is 0 Å². The Hall–Kier alpha value is -2.89. The van der Waals surface area contributed by atoms with E-state index in [0.717, 1.165) is 109 Å². The molecule has 0 bridgehead atoms. The van der Waals surface area contributed by atoms with Crippen molar-refractivity contribution in [2.75, 3.05) is 40.4 Å². The summed E-state index contributed by atoms with van der Waals surface area (Å²) in [4.78, 5) is 68.7. The van der Waals surface area contributed by atoms with Gasteiger partial charge in [0.15, 0.2) is 18.3 Å². The number of unbranched alkanes of at least 4 members (excludes halogenated alkanes) is 24. The predicted octanol–water partition coefficient (Wildman–Crippen LogP) is 12.5. The number of rotatable bonds is 45. The van der Waals surface area contributed by atoms with Crippen molar-refractivity contribution < 1.29 is 47.7 Å². The molecule has 2 unspecified atom stereocenters. The second kappa shape index (κ2) is 44.3. The number of alkyl carbamates (subject to hydrolysis) is 1.